The van der Waals surface area contributed by atoms with Crippen LogP contribution in [0.2, 0.25) is 0 Å². The van der Waals surface area contributed by atoms with E-state index in [1.165, 1.54) is 10.0 Å². The highest BCUT2D eigenvalue weighted by Crippen LogP contribution is 2.25. The third-order valence-corrected chi connectivity index (χ3v) is 2.33. The zero-order valence-electron chi connectivity index (χ0n) is 7.82. The van der Waals surface area contributed by atoms with Gasteiger partial charge in [0.15, 0.2) is 0 Å². The fraction of sp³-hybridized carbons (Fsp3) is 0.455. The third-order valence-electron chi connectivity index (χ3n) is 1.59. The average molecular weight is 226 g/mol. The van der Waals surface area contributed by atoms with Crippen molar-refractivity contribution < 1.29 is 0 Å². The Morgan fingerprint density at radius 2 is 2.08 bits per heavy atom. The molecule has 0 heterocycles. The van der Waals surface area contributed by atoms with Gasteiger partial charge in [0.25, 0.3) is 0 Å². The lowest BCUT2D eigenvalue weighted by molar-refractivity contribution is 0.410. The lowest BCUT2D eigenvalue weighted by Gasteiger charge is -2.18. The molecule has 0 bridgehead atoms. The fourth-order valence-corrected chi connectivity index (χ4v) is 1.52. The highest BCUT2D eigenvalue weighted by molar-refractivity contribution is 9.10. The average Bonchev–Trinajstić information content (AvgIpc) is 1.91. The third kappa shape index (κ3) is 2.98. The number of rotatable bonds is 1. The van der Waals surface area contributed by atoms with Crippen molar-refractivity contribution in [3.8, 4) is 0 Å². The minimum atomic E-state index is 0.334. The number of hydrogen-bond acceptors (Lipinski definition) is 0. The van der Waals surface area contributed by atoms with Gasteiger partial charge >= 0.3 is 0 Å². The molecule has 0 atom stereocenters. The second-order valence-electron chi connectivity index (χ2n) is 4.23. The SMILES string of the molecule is CC(C)(C)Cc1[c]cccc1Br. The van der Waals surface area contributed by atoms with Crippen molar-refractivity contribution in [2.45, 2.75) is 27.2 Å². The molecule has 12 heavy (non-hydrogen) atoms. The molecule has 0 saturated heterocycles. The quantitative estimate of drug-likeness (QED) is 0.682. The summed E-state index contributed by atoms with van der Waals surface area (Å²) < 4.78 is 1.17. The molecule has 1 rings (SSSR count). The van der Waals surface area contributed by atoms with Crippen molar-refractivity contribution in [2.24, 2.45) is 5.41 Å². The van der Waals surface area contributed by atoms with E-state index in [-0.39, 0.29) is 0 Å². The smallest absolute Gasteiger partial charge is 0.0213 e. The first-order chi connectivity index (χ1) is 5.49. The van der Waals surface area contributed by atoms with E-state index >= 15 is 0 Å². The zero-order chi connectivity index (χ0) is 9.19. The van der Waals surface area contributed by atoms with Crippen LogP contribution in [0, 0.1) is 11.5 Å². The Morgan fingerprint density at radius 1 is 1.42 bits per heavy atom. The van der Waals surface area contributed by atoms with Gasteiger partial charge in [-0.15, -0.1) is 0 Å². The minimum absolute atomic E-state index is 0.334. The number of hydrogen-bond donors (Lipinski definition) is 0. The van der Waals surface area contributed by atoms with Crippen LogP contribution >= 0.6 is 15.9 Å². The van der Waals surface area contributed by atoms with Crippen molar-refractivity contribution >= 4 is 15.9 Å². The maximum atomic E-state index is 3.52. The van der Waals surface area contributed by atoms with Gasteiger partial charge in [0.1, 0.15) is 0 Å². The molecule has 0 nitrogen and oxygen atoms in total. The van der Waals surface area contributed by atoms with Crippen molar-refractivity contribution in [1.29, 1.82) is 0 Å². The summed E-state index contributed by atoms with van der Waals surface area (Å²) in [5.74, 6) is 0. The topological polar surface area (TPSA) is 0 Å². The van der Waals surface area contributed by atoms with Crippen LogP contribution in [-0.4, -0.2) is 0 Å². The molecule has 0 saturated carbocycles. The number of benzene rings is 1. The van der Waals surface area contributed by atoms with Crippen LogP contribution in [0.5, 0.6) is 0 Å². The van der Waals surface area contributed by atoms with Gasteiger partial charge in [0.2, 0.25) is 0 Å². The fourth-order valence-electron chi connectivity index (χ4n) is 1.12. The Hall–Kier alpha value is -0.300. The van der Waals surface area contributed by atoms with E-state index in [1.54, 1.807) is 0 Å². The van der Waals surface area contributed by atoms with Crippen molar-refractivity contribution in [3.63, 3.8) is 0 Å². The molecule has 0 amide bonds. The van der Waals surface area contributed by atoms with Gasteiger partial charge in [-0.25, -0.2) is 0 Å². The summed E-state index contributed by atoms with van der Waals surface area (Å²) in [4.78, 5) is 0. The van der Waals surface area contributed by atoms with Gasteiger partial charge in [-0.05, 0) is 29.5 Å². The van der Waals surface area contributed by atoms with Crippen LogP contribution in [-0.2, 0) is 6.42 Å². The van der Waals surface area contributed by atoms with Crippen LogP contribution in [0.3, 0.4) is 0 Å². The minimum Gasteiger partial charge on any atom is -0.0605 e. The molecule has 0 aliphatic rings. The maximum Gasteiger partial charge on any atom is 0.0213 e. The van der Waals surface area contributed by atoms with E-state index < -0.39 is 0 Å². The van der Waals surface area contributed by atoms with Gasteiger partial charge < -0.3 is 0 Å². The summed E-state index contributed by atoms with van der Waals surface area (Å²) in [5, 5.41) is 0. The van der Waals surface area contributed by atoms with E-state index in [1.807, 2.05) is 12.1 Å². The van der Waals surface area contributed by atoms with Gasteiger partial charge in [-0.3, -0.25) is 0 Å². The van der Waals surface area contributed by atoms with Crippen LogP contribution in [0.15, 0.2) is 22.7 Å². The number of halogens is 1. The molecule has 0 aliphatic heterocycles. The van der Waals surface area contributed by atoms with Crippen LogP contribution in [0.25, 0.3) is 0 Å². The summed E-state index contributed by atoms with van der Waals surface area (Å²) in [6.45, 7) is 6.71. The van der Waals surface area contributed by atoms with E-state index in [0.29, 0.717) is 5.41 Å². The largest absolute Gasteiger partial charge is 0.0605 e. The van der Waals surface area contributed by atoms with E-state index in [2.05, 4.69) is 48.8 Å². The molecule has 65 valence electrons. The molecular weight excluding hydrogens is 212 g/mol. The van der Waals surface area contributed by atoms with E-state index in [9.17, 15) is 0 Å². The first-order valence-electron chi connectivity index (χ1n) is 4.14. The maximum absolute atomic E-state index is 3.52. The molecule has 0 spiro atoms. The molecule has 0 fully saturated rings. The lowest BCUT2D eigenvalue weighted by atomic mass is 9.88. The Kier molecular flexibility index (Phi) is 2.94. The van der Waals surface area contributed by atoms with Gasteiger partial charge in [-0.2, -0.15) is 0 Å². The highest BCUT2D eigenvalue weighted by atomic mass is 79.9. The molecular formula is C11H14Br. The van der Waals surface area contributed by atoms with E-state index in [4.69, 9.17) is 0 Å². The Bertz CT molecular complexity index is 258. The van der Waals surface area contributed by atoms with Crippen LogP contribution in [0.4, 0.5) is 0 Å². The molecule has 0 aliphatic carbocycles. The van der Waals surface area contributed by atoms with Gasteiger partial charge in [0, 0.05) is 4.47 Å². The second-order valence-corrected chi connectivity index (χ2v) is 5.09. The first-order valence-corrected chi connectivity index (χ1v) is 4.93. The van der Waals surface area contributed by atoms with Crippen LogP contribution < -0.4 is 0 Å². The predicted molar refractivity (Wildman–Crippen MR) is 56.1 cm³/mol. The summed E-state index contributed by atoms with van der Waals surface area (Å²) in [6, 6.07) is 9.27. The van der Waals surface area contributed by atoms with E-state index in [0.717, 1.165) is 6.42 Å². The van der Waals surface area contributed by atoms with Gasteiger partial charge in [0.05, 0.1) is 0 Å². The normalized spacial score (nSPS) is 11.7. The molecule has 0 unspecified atom stereocenters. The summed E-state index contributed by atoms with van der Waals surface area (Å²) in [5.41, 5.74) is 1.60. The standard InChI is InChI=1S/C11H14Br/c1-11(2,3)8-9-6-4-5-7-10(9)12/h4-5,7H,8H2,1-3H3. The summed E-state index contributed by atoms with van der Waals surface area (Å²) in [6.07, 6.45) is 1.06. The van der Waals surface area contributed by atoms with Crippen LogP contribution in [0.1, 0.15) is 26.3 Å². The lowest BCUT2D eigenvalue weighted by Crippen LogP contribution is -2.09. The molecule has 1 aromatic carbocycles. The molecule has 1 radical (unpaired) electrons. The highest BCUT2D eigenvalue weighted by Gasteiger charge is 2.12. The summed E-state index contributed by atoms with van der Waals surface area (Å²) in [7, 11) is 0. The predicted octanol–water partition coefficient (Wildman–Crippen LogP) is 3.84. The summed E-state index contributed by atoms with van der Waals surface area (Å²) >= 11 is 3.52. The van der Waals surface area contributed by atoms with Crippen molar-refractivity contribution in [3.05, 3.63) is 34.3 Å². The Labute approximate surface area is 83.1 Å². The Morgan fingerprint density at radius 3 is 2.58 bits per heavy atom. The van der Waals surface area contributed by atoms with Gasteiger partial charge in [-0.1, -0.05) is 48.8 Å². The van der Waals surface area contributed by atoms with Crippen molar-refractivity contribution in [1.82, 2.24) is 0 Å². The Balaban J connectivity index is 2.83. The molecule has 0 N–H and O–H groups in total. The second kappa shape index (κ2) is 3.61. The first kappa shape index (κ1) is 9.79. The molecule has 0 aromatic heterocycles. The molecule has 1 heteroatoms. The zero-order valence-corrected chi connectivity index (χ0v) is 9.40. The van der Waals surface area contributed by atoms with Crippen molar-refractivity contribution in [2.75, 3.05) is 0 Å². The molecule has 1 aromatic rings. The monoisotopic (exact) mass is 225 g/mol.